The van der Waals surface area contributed by atoms with Gasteiger partial charge in [0.15, 0.2) is 0 Å². The fraction of sp³-hybridized carbons (Fsp3) is 0.136. The molecule has 0 aliphatic heterocycles. The summed E-state index contributed by atoms with van der Waals surface area (Å²) in [5.74, 6) is -0.126. The standard InChI is InChI=1S/C22H18N2O4S/c1-3-28-22(26)16-11-19(21(25)14-6-4-7-15(10-14)27-2)24-13-23-17(12-18(16)24)20-8-5-9-29-20/h4-13H,3H2,1-2H3. The molecule has 4 rings (SSSR count). The molecule has 0 atom stereocenters. The Morgan fingerprint density at radius 1 is 1.14 bits per heavy atom. The Morgan fingerprint density at radius 2 is 2.00 bits per heavy atom. The molecular weight excluding hydrogens is 388 g/mol. The molecule has 0 radical (unpaired) electrons. The van der Waals surface area contributed by atoms with Gasteiger partial charge in [0.2, 0.25) is 5.78 Å². The third kappa shape index (κ3) is 3.52. The predicted octanol–water partition coefficient (Wildman–Crippen LogP) is 4.48. The van der Waals surface area contributed by atoms with E-state index in [9.17, 15) is 9.59 Å². The van der Waals surface area contributed by atoms with Crippen molar-refractivity contribution in [3.05, 3.63) is 77.1 Å². The van der Waals surface area contributed by atoms with E-state index in [1.54, 1.807) is 72.5 Å². The summed E-state index contributed by atoms with van der Waals surface area (Å²) in [6.45, 7) is 2.00. The van der Waals surface area contributed by atoms with Crippen molar-refractivity contribution < 1.29 is 19.1 Å². The van der Waals surface area contributed by atoms with Crippen molar-refractivity contribution in [2.24, 2.45) is 0 Å². The zero-order valence-electron chi connectivity index (χ0n) is 15.9. The van der Waals surface area contributed by atoms with Gasteiger partial charge in [0, 0.05) is 5.56 Å². The molecule has 3 aromatic heterocycles. The lowest BCUT2D eigenvalue weighted by atomic mass is 10.1. The van der Waals surface area contributed by atoms with Crippen LogP contribution in [0.4, 0.5) is 0 Å². The van der Waals surface area contributed by atoms with Crippen LogP contribution in [0.25, 0.3) is 16.1 Å². The average Bonchev–Trinajstić information content (AvgIpc) is 3.41. The van der Waals surface area contributed by atoms with Crippen LogP contribution in [0.15, 0.2) is 60.2 Å². The van der Waals surface area contributed by atoms with Crippen molar-refractivity contribution in [2.75, 3.05) is 13.7 Å². The maximum absolute atomic E-state index is 13.2. The summed E-state index contributed by atoms with van der Waals surface area (Å²) < 4.78 is 12.0. The molecule has 0 aliphatic carbocycles. The number of esters is 1. The van der Waals surface area contributed by atoms with Crippen LogP contribution in [0.1, 0.15) is 33.3 Å². The van der Waals surface area contributed by atoms with E-state index in [-0.39, 0.29) is 12.4 Å². The highest BCUT2D eigenvalue weighted by Gasteiger charge is 2.22. The Balaban J connectivity index is 1.87. The van der Waals surface area contributed by atoms with Crippen molar-refractivity contribution in [1.82, 2.24) is 9.38 Å². The van der Waals surface area contributed by atoms with Crippen LogP contribution in [0.5, 0.6) is 5.75 Å². The first-order chi connectivity index (χ1) is 14.1. The maximum Gasteiger partial charge on any atom is 0.340 e. The second-order valence-corrected chi connectivity index (χ2v) is 7.18. The number of ketones is 1. The number of ether oxygens (including phenoxy) is 2. The average molecular weight is 406 g/mol. The first kappa shape index (κ1) is 18.9. The number of rotatable bonds is 6. The lowest BCUT2D eigenvalue weighted by Crippen LogP contribution is -2.06. The molecule has 0 spiro atoms. The maximum atomic E-state index is 13.2. The minimum absolute atomic E-state index is 0.236. The zero-order valence-corrected chi connectivity index (χ0v) is 16.7. The van der Waals surface area contributed by atoms with E-state index >= 15 is 0 Å². The third-order valence-electron chi connectivity index (χ3n) is 4.50. The smallest absolute Gasteiger partial charge is 0.340 e. The third-order valence-corrected chi connectivity index (χ3v) is 5.39. The summed E-state index contributed by atoms with van der Waals surface area (Å²) in [6.07, 6.45) is 1.57. The van der Waals surface area contributed by atoms with Crippen molar-refractivity contribution >= 4 is 28.6 Å². The van der Waals surface area contributed by atoms with E-state index in [0.29, 0.717) is 28.1 Å². The molecule has 0 amide bonds. The molecule has 0 N–H and O–H groups in total. The van der Waals surface area contributed by atoms with Crippen LogP contribution in [0.3, 0.4) is 0 Å². The molecule has 29 heavy (non-hydrogen) atoms. The summed E-state index contributed by atoms with van der Waals surface area (Å²) >= 11 is 1.55. The van der Waals surface area contributed by atoms with Gasteiger partial charge in [-0.1, -0.05) is 18.2 Å². The lowest BCUT2D eigenvalue weighted by Gasteiger charge is -2.06. The summed E-state index contributed by atoms with van der Waals surface area (Å²) in [6, 6.07) is 14.2. The highest BCUT2D eigenvalue weighted by molar-refractivity contribution is 7.13. The monoisotopic (exact) mass is 406 g/mol. The van der Waals surface area contributed by atoms with Crippen LogP contribution in [-0.2, 0) is 4.74 Å². The van der Waals surface area contributed by atoms with Gasteiger partial charge in [-0.2, -0.15) is 0 Å². The molecule has 0 fully saturated rings. The Labute approximate surface area is 171 Å². The number of benzene rings is 1. The Hall–Kier alpha value is -3.45. The van der Waals surface area contributed by atoms with Crippen molar-refractivity contribution in [3.8, 4) is 16.3 Å². The van der Waals surface area contributed by atoms with E-state index in [1.165, 1.54) is 0 Å². The molecule has 4 aromatic rings. The van der Waals surface area contributed by atoms with Crippen LogP contribution < -0.4 is 4.74 Å². The minimum atomic E-state index is -0.474. The quantitative estimate of drug-likeness (QED) is 0.349. The number of carbonyl (C=O) groups excluding carboxylic acids is 2. The van der Waals surface area contributed by atoms with Gasteiger partial charge in [-0.25, -0.2) is 9.78 Å². The Morgan fingerprint density at radius 3 is 2.72 bits per heavy atom. The molecule has 0 bridgehead atoms. The molecule has 3 heterocycles. The fourth-order valence-electron chi connectivity index (χ4n) is 3.12. The first-order valence-electron chi connectivity index (χ1n) is 9.03. The normalized spacial score (nSPS) is 10.8. The number of aromatic nitrogens is 2. The molecular formula is C22H18N2O4S. The van der Waals surface area contributed by atoms with Crippen LogP contribution in [-0.4, -0.2) is 34.9 Å². The second kappa shape index (κ2) is 7.89. The first-order valence-corrected chi connectivity index (χ1v) is 9.91. The van der Waals surface area contributed by atoms with Crippen molar-refractivity contribution in [3.63, 3.8) is 0 Å². The van der Waals surface area contributed by atoms with Gasteiger partial charge in [-0.3, -0.25) is 9.20 Å². The van der Waals surface area contributed by atoms with E-state index < -0.39 is 5.97 Å². The number of hydrogen-bond acceptors (Lipinski definition) is 6. The second-order valence-electron chi connectivity index (χ2n) is 6.23. The number of carbonyl (C=O) groups is 2. The van der Waals surface area contributed by atoms with Gasteiger partial charge >= 0.3 is 5.97 Å². The minimum Gasteiger partial charge on any atom is -0.497 e. The highest BCUT2D eigenvalue weighted by atomic mass is 32.1. The lowest BCUT2D eigenvalue weighted by molar-refractivity contribution is 0.0529. The van der Waals surface area contributed by atoms with Gasteiger partial charge in [0.05, 0.1) is 41.1 Å². The van der Waals surface area contributed by atoms with E-state index in [2.05, 4.69) is 4.98 Å². The summed E-state index contributed by atoms with van der Waals surface area (Å²) in [5, 5.41) is 1.96. The van der Waals surface area contributed by atoms with Crippen LogP contribution >= 0.6 is 11.3 Å². The Bertz CT molecular complexity index is 1190. The fourth-order valence-corrected chi connectivity index (χ4v) is 3.81. The molecule has 7 heteroatoms. The number of hydrogen-bond donors (Lipinski definition) is 0. The van der Waals surface area contributed by atoms with Crippen LogP contribution in [0, 0.1) is 0 Å². The molecule has 0 unspecified atom stereocenters. The SMILES string of the molecule is CCOC(=O)c1cc(C(=O)c2cccc(OC)c2)n2cnc(-c3cccs3)cc12. The summed E-state index contributed by atoms with van der Waals surface area (Å²) in [4.78, 5) is 31.2. The van der Waals surface area contributed by atoms with Gasteiger partial charge < -0.3 is 9.47 Å². The molecule has 0 saturated heterocycles. The number of nitrogens with zero attached hydrogens (tertiary/aromatic N) is 2. The zero-order chi connectivity index (χ0) is 20.4. The predicted molar refractivity (Wildman–Crippen MR) is 111 cm³/mol. The topological polar surface area (TPSA) is 69.9 Å². The van der Waals surface area contributed by atoms with Gasteiger partial charge in [0.25, 0.3) is 0 Å². The molecule has 1 aromatic carbocycles. The van der Waals surface area contributed by atoms with Crippen molar-refractivity contribution in [1.29, 1.82) is 0 Å². The van der Waals surface area contributed by atoms with Gasteiger partial charge in [-0.15, -0.1) is 11.3 Å². The van der Waals surface area contributed by atoms with Crippen molar-refractivity contribution in [2.45, 2.75) is 6.92 Å². The van der Waals surface area contributed by atoms with Gasteiger partial charge in [0.1, 0.15) is 12.1 Å². The summed E-state index contributed by atoms with van der Waals surface area (Å²) in [7, 11) is 1.55. The van der Waals surface area contributed by atoms with E-state index in [1.807, 2.05) is 17.5 Å². The van der Waals surface area contributed by atoms with Crippen LogP contribution in [0.2, 0.25) is 0 Å². The number of fused-ring (bicyclic) bond motifs is 1. The van der Waals surface area contributed by atoms with E-state index in [4.69, 9.17) is 9.47 Å². The molecule has 0 saturated carbocycles. The highest BCUT2D eigenvalue weighted by Crippen LogP contribution is 2.28. The molecule has 6 nitrogen and oxygen atoms in total. The van der Waals surface area contributed by atoms with Gasteiger partial charge in [-0.05, 0) is 42.6 Å². The largest absolute Gasteiger partial charge is 0.497 e. The molecule has 0 aliphatic rings. The Kier molecular flexibility index (Phi) is 5.14. The van der Waals surface area contributed by atoms with E-state index in [0.717, 1.165) is 10.6 Å². The number of thiophene rings is 1. The molecule has 146 valence electrons. The summed E-state index contributed by atoms with van der Waals surface area (Å²) in [5.41, 5.74) is 2.44. The number of methoxy groups -OCH3 is 1.